The predicted molar refractivity (Wildman–Crippen MR) is 65.1 cm³/mol. The molecule has 0 radical (unpaired) electrons. The third kappa shape index (κ3) is 3.34. The Morgan fingerprint density at radius 3 is 2.88 bits per heavy atom. The van der Waals surface area contributed by atoms with Crippen molar-refractivity contribution in [1.82, 2.24) is 0 Å². The van der Waals surface area contributed by atoms with Gasteiger partial charge >= 0.3 is 5.97 Å². The largest absolute Gasteiger partial charge is 0.497 e. The zero-order valence-electron chi connectivity index (χ0n) is 9.85. The maximum Gasteiger partial charge on any atom is 0.328 e. The summed E-state index contributed by atoms with van der Waals surface area (Å²) in [6.07, 6.45) is 4.29. The van der Waals surface area contributed by atoms with Crippen LogP contribution in [-0.2, 0) is 11.2 Å². The van der Waals surface area contributed by atoms with Gasteiger partial charge in [-0.2, -0.15) is 0 Å². The first-order chi connectivity index (χ1) is 8.19. The SMILES string of the molecule is COc1cccc(C/C(=C/C(=O)O)C2CC2)c1. The van der Waals surface area contributed by atoms with E-state index in [-0.39, 0.29) is 0 Å². The van der Waals surface area contributed by atoms with Crippen molar-refractivity contribution in [2.45, 2.75) is 19.3 Å². The molecule has 1 saturated carbocycles. The highest BCUT2D eigenvalue weighted by atomic mass is 16.5. The average molecular weight is 232 g/mol. The number of aliphatic carboxylic acids is 1. The van der Waals surface area contributed by atoms with E-state index >= 15 is 0 Å². The second kappa shape index (κ2) is 5.04. The van der Waals surface area contributed by atoms with Crippen LogP contribution in [0.25, 0.3) is 0 Å². The normalized spacial score (nSPS) is 15.7. The van der Waals surface area contributed by atoms with Gasteiger partial charge in [-0.15, -0.1) is 0 Å². The molecular weight excluding hydrogens is 216 g/mol. The third-order valence-electron chi connectivity index (χ3n) is 2.95. The van der Waals surface area contributed by atoms with E-state index in [0.717, 1.165) is 29.7 Å². The maximum absolute atomic E-state index is 10.8. The van der Waals surface area contributed by atoms with Crippen LogP contribution in [0, 0.1) is 5.92 Å². The van der Waals surface area contributed by atoms with Crippen molar-refractivity contribution in [2.24, 2.45) is 5.92 Å². The molecule has 0 bridgehead atoms. The van der Waals surface area contributed by atoms with Gasteiger partial charge in [-0.25, -0.2) is 4.79 Å². The lowest BCUT2D eigenvalue weighted by atomic mass is 10.0. The summed E-state index contributed by atoms with van der Waals surface area (Å²) < 4.78 is 5.16. The van der Waals surface area contributed by atoms with Crippen molar-refractivity contribution in [2.75, 3.05) is 7.11 Å². The van der Waals surface area contributed by atoms with E-state index in [1.54, 1.807) is 7.11 Å². The van der Waals surface area contributed by atoms with E-state index in [9.17, 15) is 4.79 Å². The lowest BCUT2D eigenvalue weighted by molar-refractivity contribution is -0.131. The second-order valence-corrected chi connectivity index (χ2v) is 4.36. The number of carboxylic acids is 1. The summed E-state index contributed by atoms with van der Waals surface area (Å²) in [5.74, 6) is 0.431. The molecule has 0 aromatic heterocycles. The Bertz CT molecular complexity index is 445. The molecule has 0 heterocycles. The number of carbonyl (C=O) groups is 1. The molecule has 1 aromatic rings. The number of benzene rings is 1. The molecule has 0 atom stereocenters. The van der Waals surface area contributed by atoms with Crippen LogP contribution in [0.3, 0.4) is 0 Å². The summed E-state index contributed by atoms with van der Waals surface area (Å²) in [6.45, 7) is 0. The molecule has 90 valence electrons. The second-order valence-electron chi connectivity index (χ2n) is 4.36. The van der Waals surface area contributed by atoms with Gasteiger partial charge < -0.3 is 9.84 Å². The van der Waals surface area contributed by atoms with Crippen LogP contribution in [0.4, 0.5) is 0 Å². The first kappa shape index (κ1) is 11.7. The molecule has 1 aliphatic rings. The van der Waals surface area contributed by atoms with Crippen LogP contribution >= 0.6 is 0 Å². The fourth-order valence-corrected chi connectivity index (χ4v) is 1.94. The fraction of sp³-hybridized carbons (Fsp3) is 0.357. The molecule has 0 spiro atoms. The first-order valence-corrected chi connectivity index (χ1v) is 5.75. The van der Waals surface area contributed by atoms with Crippen LogP contribution in [0.15, 0.2) is 35.9 Å². The van der Waals surface area contributed by atoms with E-state index in [4.69, 9.17) is 9.84 Å². The molecule has 0 amide bonds. The molecule has 0 saturated heterocycles. The lowest BCUT2D eigenvalue weighted by Gasteiger charge is -2.07. The van der Waals surface area contributed by atoms with Crippen molar-refractivity contribution in [3.05, 3.63) is 41.5 Å². The molecule has 3 nitrogen and oxygen atoms in total. The molecule has 0 unspecified atom stereocenters. The number of rotatable bonds is 5. The molecule has 1 N–H and O–H groups in total. The Hall–Kier alpha value is -1.77. The molecular formula is C14H16O3. The van der Waals surface area contributed by atoms with Crippen molar-refractivity contribution in [3.8, 4) is 5.75 Å². The fourth-order valence-electron chi connectivity index (χ4n) is 1.94. The van der Waals surface area contributed by atoms with Crippen LogP contribution in [0.5, 0.6) is 5.75 Å². The van der Waals surface area contributed by atoms with Crippen molar-refractivity contribution in [1.29, 1.82) is 0 Å². The third-order valence-corrected chi connectivity index (χ3v) is 2.95. The Morgan fingerprint density at radius 2 is 2.29 bits per heavy atom. The number of allylic oxidation sites excluding steroid dienone is 1. The van der Waals surface area contributed by atoms with Crippen molar-refractivity contribution < 1.29 is 14.6 Å². The number of hydrogen-bond acceptors (Lipinski definition) is 2. The Kier molecular flexibility index (Phi) is 3.47. The summed E-state index contributed by atoms with van der Waals surface area (Å²) in [7, 11) is 1.63. The summed E-state index contributed by atoms with van der Waals surface area (Å²) in [5, 5.41) is 8.84. The minimum atomic E-state index is -0.852. The van der Waals surface area contributed by atoms with Crippen molar-refractivity contribution >= 4 is 5.97 Å². The monoisotopic (exact) mass is 232 g/mol. The molecule has 2 rings (SSSR count). The van der Waals surface area contributed by atoms with Gasteiger partial charge in [0.15, 0.2) is 0 Å². The Balaban J connectivity index is 2.14. The number of methoxy groups -OCH3 is 1. The molecule has 17 heavy (non-hydrogen) atoms. The van der Waals surface area contributed by atoms with E-state index in [0.29, 0.717) is 12.3 Å². The average Bonchev–Trinajstić information content (AvgIpc) is 3.12. The van der Waals surface area contributed by atoms with Crippen LogP contribution in [0.1, 0.15) is 18.4 Å². The zero-order chi connectivity index (χ0) is 12.3. The van der Waals surface area contributed by atoms with Gasteiger partial charge in [0.1, 0.15) is 5.75 Å². The highest BCUT2D eigenvalue weighted by Crippen LogP contribution is 2.38. The van der Waals surface area contributed by atoms with Gasteiger partial charge in [0, 0.05) is 6.08 Å². The van der Waals surface area contributed by atoms with Gasteiger partial charge in [-0.1, -0.05) is 17.7 Å². The van der Waals surface area contributed by atoms with Gasteiger partial charge in [0.05, 0.1) is 7.11 Å². The van der Waals surface area contributed by atoms with Gasteiger partial charge in [0.2, 0.25) is 0 Å². The molecule has 1 aromatic carbocycles. The van der Waals surface area contributed by atoms with E-state index in [2.05, 4.69) is 0 Å². The minimum absolute atomic E-state index is 0.470. The topological polar surface area (TPSA) is 46.5 Å². The zero-order valence-corrected chi connectivity index (χ0v) is 9.85. The lowest BCUT2D eigenvalue weighted by Crippen LogP contribution is -1.98. The van der Waals surface area contributed by atoms with Crippen LogP contribution < -0.4 is 4.74 Å². The van der Waals surface area contributed by atoms with Crippen molar-refractivity contribution in [3.63, 3.8) is 0 Å². The summed E-state index contributed by atoms with van der Waals surface area (Å²) in [6, 6.07) is 7.78. The van der Waals surface area contributed by atoms with Gasteiger partial charge in [-0.3, -0.25) is 0 Å². The van der Waals surface area contributed by atoms with E-state index in [1.165, 1.54) is 6.08 Å². The molecule has 1 fully saturated rings. The molecule has 0 aliphatic heterocycles. The van der Waals surface area contributed by atoms with E-state index < -0.39 is 5.97 Å². The standard InChI is InChI=1S/C14H16O3/c1-17-13-4-2-3-10(8-13)7-12(9-14(15)16)11-5-6-11/h2-4,8-9,11H,5-7H2,1H3,(H,15,16)/b12-9-. The Morgan fingerprint density at radius 1 is 1.53 bits per heavy atom. The predicted octanol–water partition coefficient (Wildman–Crippen LogP) is 2.66. The van der Waals surface area contributed by atoms with Crippen LogP contribution in [-0.4, -0.2) is 18.2 Å². The molecule has 3 heteroatoms. The Labute approximate surface area is 101 Å². The number of ether oxygens (including phenoxy) is 1. The number of hydrogen-bond donors (Lipinski definition) is 1. The first-order valence-electron chi connectivity index (χ1n) is 5.75. The number of carboxylic acid groups (broad SMARTS) is 1. The van der Waals surface area contributed by atoms with E-state index in [1.807, 2.05) is 24.3 Å². The van der Waals surface area contributed by atoms with Crippen LogP contribution in [0.2, 0.25) is 0 Å². The quantitative estimate of drug-likeness (QED) is 0.794. The summed E-state index contributed by atoms with van der Waals surface area (Å²) in [4.78, 5) is 10.8. The molecule has 1 aliphatic carbocycles. The highest BCUT2D eigenvalue weighted by molar-refractivity contribution is 5.81. The minimum Gasteiger partial charge on any atom is -0.497 e. The maximum atomic E-state index is 10.8. The van der Waals surface area contributed by atoms with Gasteiger partial charge in [-0.05, 0) is 42.9 Å². The summed E-state index contributed by atoms with van der Waals surface area (Å²) in [5.41, 5.74) is 2.12. The highest BCUT2D eigenvalue weighted by Gasteiger charge is 2.26. The smallest absolute Gasteiger partial charge is 0.328 e. The summed E-state index contributed by atoms with van der Waals surface area (Å²) >= 11 is 0. The van der Waals surface area contributed by atoms with Gasteiger partial charge in [0.25, 0.3) is 0 Å².